The Labute approximate surface area is 85.2 Å². The number of Topliss-reactive ketones (excluding diaryl/α,β-unsaturated/α-hetero) is 1. The molecule has 0 aromatic carbocycles. The van der Waals surface area contributed by atoms with Crippen LogP contribution in [-0.2, 0) is 9.59 Å². The summed E-state index contributed by atoms with van der Waals surface area (Å²) in [5.74, 6) is 0.182. The van der Waals surface area contributed by atoms with Gasteiger partial charge in [0.2, 0.25) is 5.91 Å². The van der Waals surface area contributed by atoms with Gasteiger partial charge in [0.05, 0.1) is 12.5 Å². The van der Waals surface area contributed by atoms with Gasteiger partial charge in [-0.3, -0.25) is 9.59 Å². The van der Waals surface area contributed by atoms with E-state index in [2.05, 4.69) is 5.32 Å². The van der Waals surface area contributed by atoms with Gasteiger partial charge < -0.3 is 9.73 Å². The highest BCUT2D eigenvalue weighted by atomic mass is 35.5. The van der Waals surface area contributed by atoms with Gasteiger partial charge in [-0.25, -0.2) is 0 Å². The number of rotatable bonds is 1. The molecule has 0 radical (unpaired) electrons. The van der Waals surface area contributed by atoms with E-state index in [-0.39, 0.29) is 35.8 Å². The Morgan fingerprint density at radius 1 is 1.43 bits per heavy atom. The summed E-state index contributed by atoms with van der Waals surface area (Å²) in [7, 11) is 0. The molecular weight excluding hydrogens is 206 g/mol. The SMILES string of the molecule is O=C1CC(=O)NC(c2ccc(Cl)o2)C1. The molecule has 0 spiro atoms. The van der Waals surface area contributed by atoms with E-state index in [1.54, 1.807) is 12.1 Å². The van der Waals surface area contributed by atoms with Crippen LogP contribution in [-0.4, -0.2) is 11.7 Å². The first-order valence-corrected chi connectivity index (χ1v) is 4.59. The van der Waals surface area contributed by atoms with Crippen LogP contribution in [0, 0.1) is 0 Å². The zero-order valence-corrected chi connectivity index (χ0v) is 8.00. The number of amides is 1. The quantitative estimate of drug-likeness (QED) is 0.719. The maximum Gasteiger partial charge on any atom is 0.228 e. The van der Waals surface area contributed by atoms with Crippen molar-refractivity contribution in [1.82, 2.24) is 5.32 Å². The van der Waals surface area contributed by atoms with E-state index in [1.807, 2.05) is 0 Å². The second-order valence-electron chi connectivity index (χ2n) is 3.18. The van der Waals surface area contributed by atoms with Gasteiger partial charge in [0, 0.05) is 6.42 Å². The Kier molecular flexibility index (Phi) is 2.29. The summed E-state index contributed by atoms with van der Waals surface area (Å²) < 4.78 is 5.12. The molecule has 14 heavy (non-hydrogen) atoms. The molecule has 2 rings (SSSR count). The van der Waals surface area contributed by atoms with Crippen LogP contribution in [0.1, 0.15) is 24.6 Å². The fourth-order valence-corrected chi connectivity index (χ4v) is 1.61. The fourth-order valence-electron chi connectivity index (χ4n) is 1.46. The summed E-state index contributed by atoms with van der Waals surface area (Å²) in [4.78, 5) is 22.2. The van der Waals surface area contributed by atoms with E-state index < -0.39 is 0 Å². The standard InChI is InChI=1S/C9H8ClNO3/c10-8-2-1-7(14-8)6-3-5(12)4-9(13)11-6/h1-2,6H,3-4H2,(H,11,13). The van der Waals surface area contributed by atoms with Crippen LogP contribution in [0.5, 0.6) is 0 Å². The van der Waals surface area contributed by atoms with Gasteiger partial charge in [0.1, 0.15) is 11.5 Å². The largest absolute Gasteiger partial charge is 0.448 e. The molecule has 1 N–H and O–H groups in total. The predicted molar refractivity (Wildman–Crippen MR) is 48.8 cm³/mol. The molecule has 1 saturated heterocycles. The Morgan fingerprint density at radius 3 is 2.79 bits per heavy atom. The summed E-state index contributed by atoms with van der Waals surface area (Å²) in [6, 6.07) is 2.88. The van der Waals surface area contributed by atoms with E-state index in [0.29, 0.717) is 5.76 Å². The Balaban J connectivity index is 2.18. The van der Waals surface area contributed by atoms with Crippen molar-refractivity contribution in [3.05, 3.63) is 23.1 Å². The normalized spacial score (nSPS) is 22.2. The number of carbonyl (C=O) groups excluding carboxylic acids is 2. The molecule has 0 aliphatic carbocycles. The van der Waals surface area contributed by atoms with Crippen molar-refractivity contribution in [2.75, 3.05) is 0 Å². The van der Waals surface area contributed by atoms with Crippen LogP contribution in [0.3, 0.4) is 0 Å². The van der Waals surface area contributed by atoms with Crippen molar-refractivity contribution in [3.63, 3.8) is 0 Å². The lowest BCUT2D eigenvalue weighted by atomic mass is 10.0. The molecular formula is C9H8ClNO3. The Hall–Kier alpha value is -1.29. The summed E-state index contributed by atoms with van der Waals surface area (Å²) in [5.41, 5.74) is 0. The number of carbonyl (C=O) groups is 2. The molecule has 1 unspecified atom stereocenters. The highest BCUT2D eigenvalue weighted by Crippen LogP contribution is 2.25. The monoisotopic (exact) mass is 213 g/mol. The third kappa shape index (κ3) is 1.80. The first-order valence-electron chi connectivity index (χ1n) is 4.21. The van der Waals surface area contributed by atoms with Gasteiger partial charge in [0.15, 0.2) is 5.22 Å². The van der Waals surface area contributed by atoms with Crippen LogP contribution in [0.15, 0.2) is 16.5 Å². The molecule has 1 fully saturated rings. The van der Waals surface area contributed by atoms with Crippen molar-refractivity contribution in [2.24, 2.45) is 0 Å². The van der Waals surface area contributed by atoms with Gasteiger partial charge in [-0.15, -0.1) is 0 Å². The van der Waals surface area contributed by atoms with Crippen LogP contribution < -0.4 is 5.32 Å². The van der Waals surface area contributed by atoms with Crippen molar-refractivity contribution in [2.45, 2.75) is 18.9 Å². The van der Waals surface area contributed by atoms with Gasteiger partial charge >= 0.3 is 0 Å². The van der Waals surface area contributed by atoms with Crippen LogP contribution in [0.25, 0.3) is 0 Å². The lowest BCUT2D eigenvalue weighted by Crippen LogP contribution is -2.36. The van der Waals surface area contributed by atoms with Gasteiger partial charge in [0.25, 0.3) is 0 Å². The van der Waals surface area contributed by atoms with Gasteiger partial charge in [-0.05, 0) is 23.7 Å². The minimum Gasteiger partial charge on any atom is -0.448 e. The van der Waals surface area contributed by atoms with Crippen molar-refractivity contribution in [3.8, 4) is 0 Å². The number of hydrogen-bond acceptors (Lipinski definition) is 3. The number of ketones is 1. The maximum atomic E-state index is 11.1. The topological polar surface area (TPSA) is 59.3 Å². The van der Waals surface area contributed by atoms with Crippen LogP contribution >= 0.6 is 11.6 Å². The lowest BCUT2D eigenvalue weighted by Gasteiger charge is -2.20. The molecule has 0 saturated carbocycles. The highest BCUT2D eigenvalue weighted by Gasteiger charge is 2.27. The number of piperidine rings is 1. The average Bonchev–Trinajstić information content (AvgIpc) is 2.50. The smallest absolute Gasteiger partial charge is 0.228 e. The Bertz CT molecular complexity index is 369. The van der Waals surface area contributed by atoms with E-state index in [4.69, 9.17) is 16.0 Å². The number of nitrogens with one attached hydrogen (secondary N) is 1. The maximum absolute atomic E-state index is 11.1. The van der Waals surface area contributed by atoms with Gasteiger partial charge in [-0.2, -0.15) is 0 Å². The minimum atomic E-state index is -0.365. The molecule has 1 atom stereocenters. The van der Waals surface area contributed by atoms with E-state index in [0.717, 1.165) is 0 Å². The van der Waals surface area contributed by atoms with Crippen LogP contribution in [0.2, 0.25) is 5.22 Å². The summed E-state index contributed by atoms with van der Waals surface area (Å²) in [5, 5.41) is 2.92. The molecule has 1 aromatic rings. The molecule has 0 bridgehead atoms. The second-order valence-corrected chi connectivity index (χ2v) is 3.55. The van der Waals surface area contributed by atoms with Crippen molar-refractivity contribution in [1.29, 1.82) is 0 Å². The summed E-state index contributed by atoms with van der Waals surface area (Å²) in [6.07, 6.45) is 0.237. The lowest BCUT2D eigenvalue weighted by molar-refractivity contribution is -0.132. The van der Waals surface area contributed by atoms with Crippen molar-refractivity contribution >= 4 is 23.3 Å². The third-order valence-corrected chi connectivity index (χ3v) is 2.27. The average molecular weight is 214 g/mol. The summed E-state index contributed by atoms with van der Waals surface area (Å²) >= 11 is 5.59. The van der Waals surface area contributed by atoms with E-state index in [1.165, 1.54) is 0 Å². The van der Waals surface area contributed by atoms with E-state index in [9.17, 15) is 9.59 Å². The zero-order chi connectivity index (χ0) is 10.1. The van der Waals surface area contributed by atoms with E-state index >= 15 is 0 Å². The molecule has 1 aliphatic heterocycles. The summed E-state index contributed by atoms with van der Waals surface area (Å²) in [6.45, 7) is 0. The molecule has 2 heterocycles. The van der Waals surface area contributed by atoms with Crippen LogP contribution in [0.4, 0.5) is 0 Å². The third-order valence-electron chi connectivity index (χ3n) is 2.06. The molecule has 1 aliphatic rings. The number of halogens is 1. The minimum absolute atomic E-state index is 0.0368. The molecule has 5 heteroatoms. The predicted octanol–water partition coefficient (Wildman–Crippen LogP) is 1.45. The Morgan fingerprint density at radius 2 is 2.21 bits per heavy atom. The molecule has 4 nitrogen and oxygen atoms in total. The molecule has 1 amide bonds. The van der Waals surface area contributed by atoms with Crippen molar-refractivity contribution < 1.29 is 14.0 Å². The first-order chi connectivity index (χ1) is 6.65. The molecule has 74 valence electrons. The number of furan rings is 1. The van der Waals surface area contributed by atoms with Gasteiger partial charge in [-0.1, -0.05) is 0 Å². The fraction of sp³-hybridized carbons (Fsp3) is 0.333. The number of hydrogen-bond donors (Lipinski definition) is 1. The highest BCUT2D eigenvalue weighted by molar-refractivity contribution is 6.28. The molecule has 1 aromatic heterocycles. The second kappa shape index (κ2) is 3.46. The zero-order valence-electron chi connectivity index (χ0n) is 7.25. The first kappa shape index (κ1) is 9.27.